The summed E-state index contributed by atoms with van der Waals surface area (Å²) in [7, 11) is 2.12. The molecule has 4 nitrogen and oxygen atoms in total. The maximum Gasteiger partial charge on any atom is 0.0798 e. The van der Waals surface area contributed by atoms with Crippen LogP contribution in [0.5, 0.6) is 0 Å². The van der Waals surface area contributed by atoms with Crippen LogP contribution in [0.1, 0.15) is 12.8 Å². The Morgan fingerprint density at radius 2 is 1.93 bits per heavy atom. The standard InChI is InChI=1S/C10H21N3O/c1-13(9-6-12-7-9)8-10(14)2-4-11-5-3-10/h9,11-12,14H,2-8H2,1H3. The first-order chi connectivity index (χ1) is 6.70. The Kier molecular flexibility index (Phi) is 3.07. The topological polar surface area (TPSA) is 47.5 Å². The second kappa shape index (κ2) is 4.14. The Balaban J connectivity index is 1.81. The van der Waals surface area contributed by atoms with Gasteiger partial charge in [0.05, 0.1) is 5.60 Å². The first kappa shape index (κ1) is 10.4. The van der Waals surface area contributed by atoms with Gasteiger partial charge in [0, 0.05) is 25.7 Å². The molecule has 0 aromatic heterocycles. The molecule has 4 heteroatoms. The van der Waals surface area contributed by atoms with Gasteiger partial charge in [-0.05, 0) is 33.0 Å². The van der Waals surface area contributed by atoms with Crippen LogP contribution in [0, 0.1) is 0 Å². The van der Waals surface area contributed by atoms with E-state index in [9.17, 15) is 5.11 Å². The second-order valence-corrected chi connectivity index (χ2v) is 4.70. The molecule has 2 rings (SSSR count). The largest absolute Gasteiger partial charge is 0.388 e. The molecule has 82 valence electrons. The fourth-order valence-electron chi connectivity index (χ4n) is 2.23. The quantitative estimate of drug-likeness (QED) is 0.546. The van der Waals surface area contributed by atoms with Crippen molar-refractivity contribution in [2.75, 3.05) is 39.8 Å². The van der Waals surface area contributed by atoms with Crippen LogP contribution in [0.25, 0.3) is 0 Å². The Bertz CT molecular complexity index is 188. The van der Waals surface area contributed by atoms with Gasteiger partial charge in [0.2, 0.25) is 0 Å². The lowest BCUT2D eigenvalue weighted by atomic mass is 9.91. The van der Waals surface area contributed by atoms with E-state index in [1.165, 1.54) is 0 Å². The fraction of sp³-hybridized carbons (Fsp3) is 1.00. The third-order valence-corrected chi connectivity index (χ3v) is 3.46. The number of nitrogens with one attached hydrogen (secondary N) is 2. The Morgan fingerprint density at radius 1 is 1.29 bits per heavy atom. The zero-order valence-electron chi connectivity index (χ0n) is 8.92. The van der Waals surface area contributed by atoms with Crippen LogP contribution in [0.4, 0.5) is 0 Å². The molecule has 2 saturated heterocycles. The lowest BCUT2D eigenvalue weighted by Crippen LogP contribution is -2.60. The second-order valence-electron chi connectivity index (χ2n) is 4.70. The van der Waals surface area contributed by atoms with Crippen molar-refractivity contribution in [1.29, 1.82) is 0 Å². The summed E-state index contributed by atoms with van der Waals surface area (Å²) in [6.07, 6.45) is 1.77. The molecule has 0 bridgehead atoms. The van der Waals surface area contributed by atoms with Gasteiger partial charge in [0.1, 0.15) is 0 Å². The van der Waals surface area contributed by atoms with Crippen molar-refractivity contribution in [2.45, 2.75) is 24.5 Å². The minimum absolute atomic E-state index is 0.449. The maximum atomic E-state index is 10.3. The smallest absolute Gasteiger partial charge is 0.0798 e. The third kappa shape index (κ3) is 2.25. The molecule has 0 radical (unpaired) electrons. The molecule has 0 saturated carbocycles. The molecule has 0 aromatic carbocycles. The zero-order chi connectivity index (χ0) is 10.0. The van der Waals surface area contributed by atoms with Crippen LogP contribution in [-0.4, -0.2) is 61.4 Å². The number of rotatable bonds is 3. The van der Waals surface area contributed by atoms with Gasteiger partial charge in [-0.1, -0.05) is 0 Å². The summed E-state index contributed by atoms with van der Waals surface area (Å²) in [5.41, 5.74) is -0.449. The van der Waals surface area contributed by atoms with Gasteiger partial charge in [-0.2, -0.15) is 0 Å². The van der Waals surface area contributed by atoms with Crippen molar-refractivity contribution in [2.24, 2.45) is 0 Å². The van der Waals surface area contributed by atoms with E-state index in [2.05, 4.69) is 22.6 Å². The molecule has 0 aromatic rings. The van der Waals surface area contributed by atoms with Crippen LogP contribution < -0.4 is 10.6 Å². The van der Waals surface area contributed by atoms with Crippen LogP contribution in [-0.2, 0) is 0 Å². The Morgan fingerprint density at radius 3 is 2.43 bits per heavy atom. The summed E-state index contributed by atoms with van der Waals surface area (Å²) in [6, 6.07) is 0.633. The van der Waals surface area contributed by atoms with Crippen molar-refractivity contribution < 1.29 is 5.11 Å². The van der Waals surface area contributed by atoms with Crippen molar-refractivity contribution in [1.82, 2.24) is 15.5 Å². The van der Waals surface area contributed by atoms with E-state index in [1.54, 1.807) is 0 Å². The van der Waals surface area contributed by atoms with Gasteiger partial charge in [0.15, 0.2) is 0 Å². The Labute approximate surface area is 85.7 Å². The summed E-state index contributed by atoms with van der Waals surface area (Å²) >= 11 is 0. The first-order valence-corrected chi connectivity index (χ1v) is 5.54. The summed E-state index contributed by atoms with van der Waals surface area (Å²) in [5.74, 6) is 0. The van der Waals surface area contributed by atoms with E-state index in [1.807, 2.05) is 0 Å². The molecular weight excluding hydrogens is 178 g/mol. The molecule has 0 spiro atoms. The normalized spacial score (nSPS) is 27.6. The molecule has 0 atom stereocenters. The zero-order valence-corrected chi connectivity index (χ0v) is 8.92. The fourth-order valence-corrected chi connectivity index (χ4v) is 2.23. The molecular formula is C10H21N3O. The van der Waals surface area contributed by atoms with E-state index in [0.29, 0.717) is 6.04 Å². The van der Waals surface area contributed by atoms with E-state index in [4.69, 9.17) is 0 Å². The van der Waals surface area contributed by atoms with E-state index in [0.717, 1.165) is 45.6 Å². The van der Waals surface area contributed by atoms with Crippen molar-refractivity contribution in [3.8, 4) is 0 Å². The third-order valence-electron chi connectivity index (χ3n) is 3.46. The van der Waals surface area contributed by atoms with Crippen molar-refractivity contribution >= 4 is 0 Å². The van der Waals surface area contributed by atoms with Crippen LogP contribution in [0.2, 0.25) is 0 Å². The lowest BCUT2D eigenvalue weighted by molar-refractivity contribution is -0.0287. The predicted octanol–water partition coefficient (Wildman–Crippen LogP) is -0.995. The van der Waals surface area contributed by atoms with E-state index >= 15 is 0 Å². The highest BCUT2D eigenvalue weighted by molar-refractivity contribution is 4.91. The first-order valence-electron chi connectivity index (χ1n) is 5.54. The number of nitrogens with zero attached hydrogens (tertiary/aromatic N) is 1. The van der Waals surface area contributed by atoms with Gasteiger partial charge >= 0.3 is 0 Å². The number of hydrogen-bond donors (Lipinski definition) is 3. The SMILES string of the molecule is CN(CC1(O)CCNCC1)C1CNC1. The number of hydrogen-bond acceptors (Lipinski definition) is 4. The van der Waals surface area contributed by atoms with Crippen LogP contribution in [0.15, 0.2) is 0 Å². The highest BCUT2D eigenvalue weighted by Gasteiger charge is 2.33. The predicted molar refractivity (Wildman–Crippen MR) is 56.3 cm³/mol. The summed E-state index contributed by atoms with van der Waals surface area (Å²) in [5, 5.41) is 16.8. The lowest BCUT2D eigenvalue weighted by Gasteiger charge is -2.42. The van der Waals surface area contributed by atoms with Crippen molar-refractivity contribution in [3.63, 3.8) is 0 Å². The maximum absolute atomic E-state index is 10.3. The molecule has 0 aliphatic carbocycles. The Hall–Kier alpha value is -0.160. The number of likely N-dealkylation sites (N-methyl/N-ethyl adjacent to an activating group) is 1. The molecule has 2 heterocycles. The summed E-state index contributed by atoms with van der Waals surface area (Å²) in [4.78, 5) is 2.29. The summed E-state index contributed by atoms with van der Waals surface area (Å²) < 4.78 is 0. The molecule has 14 heavy (non-hydrogen) atoms. The minimum atomic E-state index is -0.449. The van der Waals surface area contributed by atoms with Crippen LogP contribution >= 0.6 is 0 Å². The molecule has 3 N–H and O–H groups in total. The average molecular weight is 199 g/mol. The number of piperidine rings is 1. The average Bonchev–Trinajstić information content (AvgIpc) is 2.00. The molecule has 2 fully saturated rings. The van der Waals surface area contributed by atoms with Gasteiger partial charge in [0.25, 0.3) is 0 Å². The van der Waals surface area contributed by atoms with Gasteiger partial charge in [-0.3, -0.25) is 4.90 Å². The summed E-state index contributed by atoms with van der Waals surface area (Å²) in [6.45, 7) is 4.87. The van der Waals surface area contributed by atoms with Gasteiger partial charge in [-0.15, -0.1) is 0 Å². The monoisotopic (exact) mass is 199 g/mol. The molecule has 0 unspecified atom stereocenters. The molecule has 0 amide bonds. The van der Waals surface area contributed by atoms with E-state index in [-0.39, 0.29) is 0 Å². The number of aliphatic hydroxyl groups is 1. The van der Waals surface area contributed by atoms with Gasteiger partial charge in [-0.25, -0.2) is 0 Å². The molecule has 2 aliphatic heterocycles. The van der Waals surface area contributed by atoms with E-state index < -0.39 is 5.60 Å². The minimum Gasteiger partial charge on any atom is -0.388 e. The highest BCUT2D eigenvalue weighted by Crippen LogP contribution is 2.20. The highest BCUT2D eigenvalue weighted by atomic mass is 16.3. The van der Waals surface area contributed by atoms with Crippen molar-refractivity contribution in [3.05, 3.63) is 0 Å². The molecule has 2 aliphatic rings. The van der Waals surface area contributed by atoms with Crippen LogP contribution in [0.3, 0.4) is 0 Å². The van der Waals surface area contributed by atoms with Gasteiger partial charge < -0.3 is 15.7 Å².